The third-order valence-corrected chi connectivity index (χ3v) is 5.64. The van der Waals surface area contributed by atoms with Gasteiger partial charge in [-0.05, 0) is 81.5 Å². The Kier molecular flexibility index (Phi) is 5.75. The number of carbonyl (C=O) groups is 1. The number of nitrogens with one attached hydrogen (secondary N) is 1. The van der Waals surface area contributed by atoms with E-state index in [2.05, 4.69) is 5.32 Å². The van der Waals surface area contributed by atoms with Gasteiger partial charge in [-0.2, -0.15) is 0 Å². The van der Waals surface area contributed by atoms with E-state index in [0.717, 1.165) is 40.8 Å². The van der Waals surface area contributed by atoms with E-state index in [1.807, 2.05) is 39.8 Å². The van der Waals surface area contributed by atoms with Crippen molar-refractivity contribution >= 4 is 23.2 Å². The van der Waals surface area contributed by atoms with Crippen LogP contribution in [0.15, 0.2) is 24.3 Å². The molecular weight excluding hydrogens is 378 g/mol. The highest BCUT2D eigenvalue weighted by Gasteiger charge is 2.35. The van der Waals surface area contributed by atoms with Gasteiger partial charge in [0.2, 0.25) is 5.91 Å². The van der Waals surface area contributed by atoms with Crippen molar-refractivity contribution in [3.8, 4) is 17.2 Å². The molecule has 3 rings (SSSR count). The summed E-state index contributed by atoms with van der Waals surface area (Å²) < 4.78 is 12.3. The monoisotopic (exact) mass is 403 g/mol. The third kappa shape index (κ3) is 4.04. The molecule has 1 amide bonds. The molecule has 1 heterocycles. The average molecular weight is 404 g/mol. The van der Waals surface area contributed by atoms with Crippen molar-refractivity contribution in [2.75, 3.05) is 17.8 Å². The fraction of sp³-hybridized carbons (Fsp3) is 0.409. The highest BCUT2D eigenvalue weighted by Crippen LogP contribution is 2.43. The van der Waals surface area contributed by atoms with Crippen LogP contribution in [0.4, 0.5) is 5.69 Å². The quantitative estimate of drug-likeness (QED) is 0.712. The maximum absolute atomic E-state index is 11.3. The van der Waals surface area contributed by atoms with Gasteiger partial charge in [-0.25, -0.2) is 0 Å². The number of fused-ring (bicyclic) bond motifs is 1. The minimum Gasteiger partial charge on any atom is -0.507 e. The second-order valence-electron chi connectivity index (χ2n) is 7.58. The molecule has 0 saturated carbocycles. The molecule has 0 fully saturated rings. The molecule has 1 unspecified atom stereocenters. The SMILES string of the molecule is Cc1c(C)c2c(c(C)c1O)CCC(C)(COc1ccc(NC(=O)CCl)cc1)O2. The van der Waals surface area contributed by atoms with Gasteiger partial charge >= 0.3 is 0 Å². The maximum Gasteiger partial charge on any atom is 0.239 e. The lowest BCUT2D eigenvalue weighted by atomic mass is 9.87. The summed E-state index contributed by atoms with van der Waals surface area (Å²) in [7, 11) is 0. The number of phenols is 1. The van der Waals surface area contributed by atoms with Gasteiger partial charge in [-0.3, -0.25) is 4.79 Å². The topological polar surface area (TPSA) is 67.8 Å². The number of alkyl halides is 1. The van der Waals surface area contributed by atoms with Crippen molar-refractivity contribution in [2.24, 2.45) is 0 Å². The van der Waals surface area contributed by atoms with Crippen molar-refractivity contribution in [1.29, 1.82) is 0 Å². The van der Waals surface area contributed by atoms with Gasteiger partial charge in [0.1, 0.15) is 35.3 Å². The maximum atomic E-state index is 11.3. The fourth-order valence-corrected chi connectivity index (χ4v) is 3.53. The Morgan fingerprint density at radius 1 is 1.21 bits per heavy atom. The van der Waals surface area contributed by atoms with E-state index in [0.29, 0.717) is 23.8 Å². The Bertz CT molecular complexity index is 895. The van der Waals surface area contributed by atoms with Crippen LogP contribution in [-0.4, -0.2) is 29.1 Å². The molecule has 0 aliphatic carbocycles. The molecule has 28 heavy (non-hydrogen) atoms. The summed E-state index contributed by atoms with van der Waals surface area (Å²) in [5, 5.41) is 13.0. The van der Waals surface area contributed by atoms with E-state index in [-0.39, 0.29) is 11.8 Å². The number of anilines is 1. The summed E-state index contributed by atoms with van der Waals surface area (Å²) >= 11 is 5.49. The van der Waals surface area contributed by atoms with Crippen LogP contribution in [-0.2, 0) is 11.2 Å². The molecule has 1 atom stereocenters. The number of carbonyl (C=O) groups excluding carboxylic acids is 1. The first-order valence-corrected chi connectivity index (χ1v) is 9.87. The summed E-state index contributed by atoms with van der Waals surface area (Å²) in [6, 6.07) is 7.17. The number of benzene rings is 2. The lowest BCUT2D eigenvalue weighted by Crippen LogP contribution is -2.42. The van der Waals surface area contributed by atoms with Crippen molar-refractivity contribution in [1.82, 2.24) is 0 Å². The van der Waals surface area contributed by atoms with Gasteiger partial charge < -0.3 is 19.9 Å². The first kappa shape index (κ1) is 20.3. The summed E-state index contributed by atoms with van der Waals surface area (Å²) in [6.07, 6.45) is 1.63. The summed E-state index contributed by atoms with van der Waals surface area (Å²) in [5.41, 5.74) is 4.03. The van der Waals surface area contributed by atoms with E-state index in [1.54, 1.807) is 12.1 Å². The molecule has 2 aromatic rings. The average Bonchev–Trinajstić information content (AvgIpc) is 2.70. The van der Waals surface area contributed by atoms with Crippen molar-refractivity contribution in [3.63, 3.8) is 0 Å². The lowest BCUT2D eigenvalue weighted by Gasteiger charge is -2.37. The van der Waals surface area contributed by atoms with Crippen molar-refractivity contribution in [3.05, 3.63) is 46.5 Å². The minimum absolute atomic E-state index is 0.0778. The van der Waals surface area contributed by atoms with E-state index < -0.39 is 5.60 Å². The number of hydrogen-bond acceptors (Lipinski definition) is 4. The predicted molar refractivity (Wildman–Crippen MR) is 111 cm³/mol. The molecule has 2 aromatic carbocycles. The Hall–Kier alpha value is -2.40. The Labute approximate surface area is 170 Å². The second kappa shape index (κ2) is 7.92. The minimum atomic E-state index is -0.459. The van der Waals surface area contributed by atoms with Gasteiger partial charge in [0, 0.05) is 11.3 Å². The zero-order valence-corrected chi connectivity index (χ0v) is 17.4. The Morgan fingerprint density at radius 3 is 2.54 bits per heavy atom. The van der Waals surface area contributed by atoms with Crippen molar-refractivity contribution < 1.29 is 19.4 Å². The number of ether oxygens (including phenoxy) is 2. The Morgan fingerprint density at radius 2 is 1.89 bits per heavy atom. The smallest absolute Gasteiger partial charge is 0.239 e. The highest BCUT2D eigenvalue weighted by molar-refractivity contribution is 6.29. The predicted octanol–water partition coefficient (Wildman–Crippen LogP) is 4.66. The normalized spacial score (nSPS) is 18.2. The first-order valence-electron chi connectivity index (χ1n) is 9.33. The van der Waals surface area contributed by atoms with Crippen LogP contribution in [0.3, 0.4) is 0 Å². The van der Waals surface area contributed by atoms with Gasteiger partial charge in [0.05, 0.1) is 0 Å². The standard InChI is InChI=1S/C22H26ClNO4/c1-13-14(2)21-18(15(3)20(13)26)9-10-22(4,28-21)12-27-17-7-5-16(6-8-17)24-19(25)11-23/h5-8,26H,9-12H2,1-4H3,(H,24,25). The number of phenolic OH excluding ortho intramolecular Hbond substituents is 1. The van der Waals surface area contributed by atoms with Crippen LogP contribution in [0.25, 0.3) is 0 Å². The number of rotatable bonds is 5. The molecule has 1 aliphatic rings. The summed E-state index contributed by atoms with van der Waals surface area (Å²) in [4.78, 5) is 11.3. The largest absolute Gasteiger partial charge is 0.507 e. The molecule has 6 heteroatoms. The molecule has 2 N–H and O–H groups in total. The van der Waals surface area contributed by atoms with Crippen LogP contribution in [0.1, 0.15) is 35.6 Å². The first-order chi connectivity index (χ1) is 13.2. The number of aromatic hydroxyl groups is 1. The van der Waals surface area contributed by atoms with Crippen LogP contribution in [0.5, 0.6) is 17.2 Å². The summed E-state index contributed by atoms with van der Waals surface area (Å²) in [5.74, 6) is 1.61. The van der Waals surface area contributed by atoms with E-state index >= 15 is 0 Å². The van der Waals surface area contributed by atoms with E-state index in [1.165, 1.54) is 0 Å². The molecule has 0 spiro atoms. The summed E-state index contributed by atoms with van der Waals surface area (Å²) in [6.45, 7) is 8.27. The molecule has 0 saturated heterocycles. The number of halogens is 1. The number of hydrogen-bond donors (Lipinski definition) is 2. The van der Waals surface area contributed by atoms with Crippen LogP contribution >= 0.6 is 11.6 Å². The lowest BCUT2D eigenvalue weighted by molar-refractivity contribution is -0.113. The zero-order valence-electron chi connectivity index (χ0n) is 16.7. The van der Waals surface area contributed by atoms with Gasteiger partial charge in [-0.1, -0.05) is 0 Å². The van der Waals surface area contributed by atoms with E-state index in [9.17, 15) is 9.90 Å². The fourth-order valence-electron chi connectivity index (χ4n) is 3.46. The van der Waals surface area contributed by atoms with Crippen LogP contribution in [0.2, 0.25) is 0 Å². The van der Waals surface area contributed by atoms with E-state index in [4.69, 9.17) is 21.1 Å². The molecule has 0 radical (unpaired) electrons. The molecule has 1 aliphatic heterocycles. The van der Waals surface area contributed by atoms with Gasteiger partial charge in [-0.15, -0.1) is 11.6 Å². The highest BCUT2D eigenvalue weighted by atomic mass is 35.5. The molecule has 0 bridgehead atoms. The Balaban J connectivity index is 1.70. The van der Waals surface area contributed by atoms with Crippen molar-refractivity contribution in [2.45, 2.75) is 46.1 Å². The van der Waals surface area contributed by atoms with Crippen LogP contribution < -0.4 is 14.8 Å². The molecular formula is C22H26ClNO4. The van der Waals surface area contributed by atoms with Crippen LogP contribution in [0, 0.1) is 20.8 Å². The molecule has 150 valence electrons. The van der Waals surface area contributed by atoms with Gasteiger partial charge in [0.25, 0.3) is 0 Å². The zero-order chi connectivity index (χ0) is 20.5. The molecule has 5 nitrogen and oxygen atoms in total. The third-order valence-electron chi connectivity index (χ3n) is 5.40. The second-order valence-corrected chi connectivity index (χ2v) is 7.85. The van der Waals surface area contributed by atoms with Gasteiger partial charge in [0.15, 0.2) is 0 Å². The number of amides is 1. The molecule has 0 aromatic heterocycles.